The minimum Gasteiger partial charge on any atom is -0.289 e. The van der Waals surface area contributed by atoms with E-state index in [1.165, 1.54) is 5.56 Å². The maximum absolute atomic E-state index is 13.0. The zero-order valence-corrected chi connectivity index (χ0v) is 13.5. The highest BCUT2D eigenvalue weighted by molar-refractivity contribution is 5.82. The molecule has 0 fully saturated rings. The standard InChI is InChI=1S/C22H21O/c1-2-3-10-17-15-20(18-11-6-4-7-12-18)22(23)21(16-17)19-13-8-5-9-14-19/h4-9,11-16H,2-3,10H2,1H3. The van der Waals surface area contributed by atoms with Gasteiger partial charge >= 0.3 is 0 Å². The Morgan fingerprint density at radius 2 is 1.22 bits per heavy atom. The Kier molecular flexibility index (Phi) is 4.77. The molecule has 0 saturated carbocycles. The SMILES string of the molecule is CCCCc1cc(-c2ccccc2)c([O])c(-c2ccccc2)c1. The van der Waals surface area contributed by atoms with Crippen LogP contribution in [-0.4, -0.2) is 0 Å². The van der Waals surface area contributed by atoms with Crippen molar-refractivity contribution in [2.24, 2.45) is 0 Å². The molecule has 3 aromatic rings. The third-order valence-corrected chi connectivity index (χ3v) is 4.14. The van der Waals surface area contributed by atoms with Crippen LogP contribution in [0.1, 0.15) is 25.3 Å². The lowest BCUT2D eigenvalue weighted by molar-refractivity contribution is 0.358. The van der Waals surface area contributed by atoms with Crippen molar-refractivity contribution in [1.29, 1.82) is 0 Å². The summed E-state index contributed by atoms with van der Waals surface area (Å²) in [5.74, 6) is 0.114. The van der Waals surface area contributed by atoms with Gasteiger partial charge in [0.15, 0.2) is 5.75 Å². The fourth-order valence-electron chi connectivity index (χ4n) is 2.88. The summed E-state index contributed by atoms with van der Waals surface area (Å²) in [6.45, 7) is 2.19. The molecule has 0 N–H and O–H groups in total. The summed E-state index contributed by atoms with van der Waals surface area (Å²) in [6.07, 6.45) is 3.30. The minimum atomic E-state index is 0.114. The second kappa shape index (κ2) is 7.15. The summed E-state index contributed by atoms with van der Waals surface area (Å²) in [5, 5.41) is 13.0. The van der Waals surface area contributed by atoms with Gasteiger partial charge in [0.25, 0.3) is 0 Å². The Morgan fingerprint density at radius 1 is 0.739 bits per heavy atom. The van der Waals surface area contributed by atoms with Crippen molar-refractivity contribution in [2.45, 2.75) is 26.2 Å². The lowest BCUT2D eigenvalue weighted by atomic mass is 9.93. The second-order valence-electron chi connectivity index (χ2n) is 5.86. The van der Waals surface area contributed by atoms with Gasteiger partial charge in [0.05, 0.1) is 0 Å². The highest BCUT2D eigenvalue weighted by Gasteiger charge is 2.14. The van der Waals surface area contributed by atoms with Gasteiger partial charge in [0.1, 0.15) is 0 Å². The van der Waals surface area contributed by atoms with E-state index in [9.17, 15) is 5.11 Å². The van der Waals surface area contributed by atoms with Crippen molar-refractivity contribution in [2.75, 3.05) is 0 Å². The van der Waals surface area contributed by atoms with E-state index in [0.29, 0.717) is 0 Å². The number of aryl methyl sites for hydroxylation is 1. The summed E-state index contributed by atoms with van der Waals surface area (Å²) in [6, 6.07) is 24.1. The highest BCUT2D eigenvalue weighted by Crippen LogP contribution is 2.40. The smallest absolute Gasteiger partial charge is 0.194 e. The van der Waals surface area contributed by atoms with E-state index in [4.69, 9.17) is 0 Å². The summed E-state index contributed by atoms with van der Waals surface area (Å²) < 4.78 is 0. The van der Waals surface area contributed by atoms with Crippen LogP contribution >= 0.6 is 0 Å². The van der Waals surface area contributed by atoms with Crippen LogP contribution in [0, 0.1) is 0 Å². The quantitative estimate of drug-likeness (QED) is 0.512. The molecule has 0 aromatic heterocycles. The van der Waals surface area contributed by atoms with Crippen LogP contribution in [-0.2, 0) is 11.5 Å². The lowest BCUT2D eigenvalue weighted by Crippen LogP contribution is -1.90. The Morgan fingerprint density at radius 3 is 1.65 bits per heavy atom. The van der Waals surface area contributed by atoms with Gasteiger partial charge in [-0.3, -0.25) is 5.11 Å². The van der Waals surface area contributed by atoms with Gasteiger partial charge in [-0.25, -0.2) is 0 Å². The first-order chi connectivity index (χ1) is 11.3. The third-order valence-electron chi connectivity index (χ3n) is 4.14. The van der Waals surface area contributed by atoms with Crippen LogP contribution in [0.15, 0.2) is 72.8 Å². The molecule has 23 heavy (non-hydrogen) atoms. The number of benzene rings is 3. The summed E-state index contributed by atoms with van der Waals surface area (Å²) >= 11 is 0. The zero-order valence-electron chi connectivity index (χ0n) is 13.5. The van der Waals surface area contributed by atoms with Crippen LogP contribution in [0.4, 0.5) is 0 Å². The molecule has 0 amide bonds. The Hall–Kier alpha value is -2.54. The number of hydrogen-bond acceptors (Lipinski definition) is 0. The molecule has 0 bridgehead atoms. The van der Waals surface area contributed by atoms with Crippen LogP contribution < -0.4 is 0 Å². The van der Waals surface area contributed by atoms with E-state index in [2.05, 4.69) is 19.1 Å². The first kappa shape index (κ1) is 15.4. The van der Waals surface area contributed by atoms with E-state index < -0.39 is 0 Å². The predicted molar refractivity (Wildman–Crippen MR) is 96.1 cm³/mol. The van der Waals surface area contributed by atoms with Crippen molar-refractivity contribution in [3.05, 3.63) is 78.4 Å². The lowest BCUT2D eigenvalue weighted by Gasteiger charge is -2.12. The van der Waals surface area contributed by atoms with E-state index in [1.54, 1.807) is 0 Å². The third kappa shape index (κ3) is 3.45. The first-order valence-corrected chi connectivity index (χ1v) is 8.24. The topological polar surface area (TPSA) is 19.9 Å². The van der Waals surface area contributed by atoms with Crippen LogP contribution in [0.3, 0.4) is 0 Å². The number of hydrogen-bond donors (Lipinski definition) is 0. The van der Waals surface area contributed by atoms with Crippen LogP contribution in [0.5, 0.6) is 5.75 Å². The maximum atomic E-state index is 13.0. The molecule has 3 aromatic carbocycles. The average Bonchev–Trinajstić information content (AvgIpc) is 2.62. The summed E-state index contributed by atoms with van der Waals surface area (Å²) in [7, 11) is 0. The predicted octanol–water partition coefficient (Wildman–Crippen LogP) is 6.51. The molecule has 0 aliphatic rings. The molecular weight excluding hydrogens is 280 g/mol. The van der Waals surface area contributed by atoms with Gasteiger partial charge in [-0.2, -0.15) is 0 Å². The number of rotatable bonds is 5. The monoisotopic (exact) mass is 301 g/mol. The summed E-state index contributed by atoms with van der Waals surface area (Å²) in [5.41, 5.74) is 4.83. The van der Waals surface area contributed by atoms with Crippen LogP contribution in [0.2, 0.25) is 0 Å². The largest absolute Gasteiger partial charge is 0.289 e. The minimum absolute atomic E-state index is 0.114. The molecule has 0 aliphatic heterocycles. The molecule has 0 spiro atoms. The molecule has 0 atom stereocenters. The number of unbranched alkanes of at least 4 members (excludes halogenated alkanes) is 1. The Labute approximate surface area is 138 Å². The first-order valence-electron chi connectivity index (χ1n) is 8.24. The molecule has 115 valence electrons. The highest BCUT2D eigenvalue weighted by atomic mass is 16.3. The molecule has 0 aliphatic carbocycles. The average molecular weight is 301 g/mol. The van der Waals surface area contributed by atoms with Gasteiger partial charge < -0.3 is 0 Å². The summed E-state index contributed by atoms with van der Waals surface area (Å²) in [4.78, 5) is 0. The van der Waals surface area contributed by atoms with Crippen molar-refractivity contribution in [3.8, 4) is 28.0 Å². The van der Waals surface area contributed by atoms with Gasteiger partial charge in [-0.1, -0.05) is 74.0 Å². The van der Waals surface area contributed by atoms with Gasteiger partial charge in [-0.15, -0.1) is 0 Å². The van der Waals surface area contributed by atoms with E-state index in [1.807, 2.05) is 60.7 Å². The second-order valence-corrected chi connectivity index (χ2v) is 5.86. The Balaban J connectivity index is 2.15. The van der Waals surface area contributed by atoms with Crippen molar-refractivity contribution < 1.29 is 5.11 Å². The molecule has 3 rings (SSSR count). The fourth-order valence-corrected chi connectivity index (χ4v) is 2.88. The van der Waals surface area contributed by atoms with Crippen molar-refractivity contribution in [3.63, 3.8) is 0 Å². The zero-order chi connectivity index (χ0) is 16.1. The Bertz CT molecular complexity index is 700. The molecule has 1 nitrogen and oxygen atoms in total. The molecule has 0 unspecified atom stereocenters. The maximum Gasteiger partial charge on any atom is 0.194 e. The normalized spacial score (nSPS) is 10.7. The van der Waals surface area contributed by atoms with E-state index in [-0.39, 0.29) is 5.75 Å². The van der Waals surface area contributed by atoms with Crippen LogP contribution in [0.25, 0.3) is 22.3 Å². The van der Waals surface area contributed by atoms with Crippen molar-refractivity contribution in [1.82, 2.24) is 0 Å². The fraction of sp³-hybridized carbons (Fsp3) is 0.182. The molecular formula is C22H21O. The van der Waals surface area contributed by atoms with Gasteiger partial charge in [0, 0.05) is 11.1 Å². The van der Waals surface area contributed by atoms with Crippen molar-refractivity contribution >= 4 is 0 Å². The van der Waals surface area contributed by atoms with E-state index in [0.717, 1.165) is 41.5 Å². The molecule has 1 radical (unpaired) electrons. The molecule has 1 heteroatoms. The van der Waals surface area contributed by atoms with Gasteiger partial charge in [0.2, 0.25) is 0 Å². The molecule has 0 saturated heterocycles. The van der Waals surface area contributed by atoms with Gasteiger partial charge in [-0.05, 0) is 41.7 Å². The van der Waals surface area contributed by atoms with E-state index >= 15 is 0 Å². The molecule has 0 heterocycles.